The van der Waals surface area contributed by atoms with Crippen LogP contribution >= 0.6 is 0 Å². The molecule has 0 radical (unpaired) electrons. The Morgan fingerprint density at radius 2 is 1.55 bits per heavy atom. The van der Waals surface area contributed by atoms with Crippen LogP contribution in [0.3, 0.4) is 0 Å². The average molecular weight is 393 g/mol. The number of rotatable bonds is 5. The number of carbonyl (C=O) groups is 3. The number of ether oxygens (including phenoxy) is 2. The summed E-state index contributed by atoms with van der Waals surface area (Å²) in [6, 6.07) is 14.1. The number of hydrogen-bond acceptors (Lipinski definition) is 6. The van der Waals surface area contributed by atoms with E-state index in [1.165, 1.54) is 25.3 Å². The van der Waals surface area contributed by atoms with E-state index >= 15 is 0 Å². The quantitative estimate of drug-likeness (QED) is 0.572. The molecule has 0 fully saturated rings. The minimum absolute atomic E-state index is 0.0607. The number of para-hydroxylation sites is 1. The third-order valence-electron chi connectivity index (χ3n) is 5.14. The van der Waals surface area contributed by atoms with Gasteiger partial charge in [0.2, 0.25) is 0 Å². The molecule has 1 heterocycles. The van der Waals surface area contributed by atoms with Gasteiger partial charge >= 0.3 is 11.9 Å². The Hall–Kier alpha value is -3.41. The highest BCUT2D eigenvalue weighted by atomic mass is 16.5. The van der Waals surface area contributed by atoms with Crippen LogP contribution in [0.15, 0.2) is 60.3 Å². The van der Waals surface area contributed by atoms with E-state index in [2.05, 4.69) is 4.74 Å². The second-order valence-electron chi connectivity index (χ2n) is 7.31. The fraction of sp³-hybridized carbons (Fsp3) is 0.261. The molecule has 0 atom stereocenters. The van der Waals surface area contributed by atoms with Gasteiger partial charge in [-0.15, -0.1) is 0 Å². The van der Waals surface area contributed by atoms with Crippen molar-refractivity contribution in [2.45, 2.75) is 19.3 Å². The lowest BCUT2D eigenvalue weighted by Gasteiger charge is -2.23. The van der Waals surface area contributed by atoms with Crippen LogP contribution < -0.4 is 4.90 Å². The van der Waals surface area contributed by atoms with Gasteiger partial charge in [-0.25, -0.2) is 9.59 Å². The summed E-state index contributed by atoms with van der Waals surface area (Å²) in [5, 5.41) is 0. The molecule has 29 heavy (non-hydrogen) atoms. The number of anilines is 1. The molecule has 1 aliphatic rings. The lowest BCUT2D eigenvalue weighted by atomic mass is 9.83. The first-order valence-corrected chi connectivity index (χ1v) is 9.20. The average Bonchev–Trinajstić information content (AvgIpc) is 2.92. The van der Waals surface area contributed by atoms with Crippen molar-refractivity contribution in [1.29, 1.82) is 0 Å². The minimum atomic E-state index is -0.750. The Morgan fingerprint density at radius 1 is 0.966 bits per heavy atom. The molecule has 0 saturated heterocycles. The van der Waals surface area contributed by atoms with E-state index in [-0.39, 0.29) is 22.3 Å². The number of benzene rings is 2. The number of likely N-dealkylation sites (N-methyl/N-ethyl adjacent to an activating group) is 1. The molecular weight excluding hydrogens is 370 g/mol. The van der Waals surface area contributed by atoms with E-state index in [1.54, 1.807) is 12.1 Å². The number of carbonyl (C=O) groups excluding carboxylic acids is 3. The summed E-state index contributed by atoms with van der Waals surface area (Å²) in [5.74, 6) is -1.73. The van der Waals surface area contributed by atoms with Gasteiger partial charge in [-0.2, -0.15) is 0 Å². The number of allylic oxidation sites excluding steroid dienone is 1. The number of ketones is 1. The summed E-state index contributed by atoms with van der Waals surface area (Å²) in [7, 11) is 3.14. The van der Waals surface area contributed by atoms with Crippen molar-refractivity contribution in [3.8, 4) is 0 Å². The SMILES string of the molecule is COC(=O)c1ccccc1C(=O)OCC(=O)/C=C1\N(C)c2ccccc2C1(C)C. The Bertz CT molecular complexity index is 1010. The van der Waals surface area contributed by atoms with Crippen LogP contribution in [-0.4, -0.2) is 38.5 Å². The van der Waals surface area contributed by atoms with Crippen molar-refractivity contribution in [1.82, 2.24) is 0 Å². The lowest BCUT2D eigenvalue weighted by Crippen LogP contribution is -2.25. The lowest BCUT2D eigenvalue weighted by molar-refractivity contribution is -0.117. The summed E-state index contributed by atoms with van der Waals surface area (Å²) in [6.45, 7) is 3.68. The maximum absolute atomic E-state index is 12.5. The zero-order valence-corrected chi connectivity index (χ0v) is 16.9. The molecule has 0 unspecified atom stereocenters. The van der Waals surface area contributed by atoms with Crippen LogP contribution in [0, 0.1) is 0 Å². The molecule has 0 aliphatic carbocycles. The highest BCUT2D eigenvalue weighted by molar-refractivity contribution is 6.04. The number of hydrogen-bond donors (Lipinski definition) is 0. The summed E-state index contributed by atoms with van der Waals surface area (Å²) in [5.41, 5.74) is 2.81. The third-order valence-corrected chi connectivity index (χ3v) is 5.14. The fourth-order valence-corrected chi connectivity index (χ4v) is 3.62. The number of fused-ring (bicyclic) bond motifs is 1. The predicted octanol–water partition coefficient (Wildman–Crippen LogP) is 3.51. The van der Waals surface area contributed by atoms with Crippen LogP contribution in [-0.2, 0) is 19.7 Å². The Balaban J connectivity index is 1.74. The molecule has 150 valence electrons. The molecule has 2 aromatic carbocycles. The molecule has 3 rings (SSSR count). The summed E-state index contributed by atoms with van der Waals surface area (Å²) >= 11 is 0. The highest BCUT2D eigenvalue weighted by Crippen LogP contribution is 2.46. The molecule has 0 bridgehead atoms. The van der Waals surface area contributed by atoms with Gasteiger partial charge in [-0.3, -0.25) is 4.79 Å². The van der Waals surface area contributed by atoms with E-state index in [9.17, 15) is 14.4 Å². The smallest absolute Gasteiger partial charge is 0.339 e. The highest BCUT2D eigenvalue weighted by Gasteiger charge is 2.38. The van der Waals surface area contributed by atoms with Gasteiger partial charge in [0, 0.05) is 29.9 Å². The second-order valence-corrected chi connectivity index (χ2v) is 7.31. The Kier molecular flexibility index (Phi) is 5.55. The first kappa shape index (κ1) is 20.3. The normalized spacial score (nSPS) is 15.7. The first-order chi connectivity index (χ1) is 13.8. The van der Waals surface area contributed by atoms with Gasteiger partial charge in [0.15, 0.2) is 12.4 Å². The first-order valence-electron chi connectivity index (χ1n) is 9.20. The summed E-state index contributed by atoms with van der Waals surface area (Å²) in [6.07, 6.45) is 1.51. The van der Waals surface area contributed by atoms with Crippen molar-refractivity contribution in [3.63, 3.8) is 0 Å². The zero-order valence-electron chi connectivity index (χ0n) is 16.9. The van der Waals surface area contributed by atoms with E-state index < -0.39 is 18.5 Å². The zero-order chi connectivity index (χ0) is 21.2. The predicted molar refractivity (Wildman–Crippen MR) is 109 cm³/mol. The molecule has 0 aromatic heterocycles. The molecule has 6 heteroatoms. The molecule has 6 nitrogen and oxygen atoms in total. The number of esters is 2. The van der Waals surface area contributed by atoms with Gasteiger partial charge in [0.1, 0.15) is 0 Å². The standard InChI is InChI=1S/C23H23NO5/c1-23(2)18-11-7-8-12-19(18)24(3)20(23)13-15(25)14-29-22(27)17-10-6-5-9-16(17)21(26)28-4/h5-13H,14H2,1-4H3/b20-13-. The van der Waals surface area contributed by atoms with Crippen LogP contribution in [0.1, 0.15) is 40.1 Å². The van der Waals surface area contributed by atoms with Gasteiger partial charge < -0.3 is 14.4 Å². The van der Waals surface area contributed by atoms with Crippen LogP contribution in [0.25, 0.3) is 0 Å². The third kappa shape index (κ3) is 3.78. The molecule has 1 aliphatic heterocycles. The fourth-order valence-electron chi connectivity index (χ4n) is 3.62. The molecule has 0 saturated carbocycles. The largest absolute Gasteiger partial charge is 0.465 e. The van der Waals surface area contributed by atoms with Crippen molar-refractivity contribution < 1.29 is 23.9 Å². The Morgan fingerprint density at radius 3 is 2.17 bits per heavy atom. The minimum Gasteiger partial charge on any atom is -0.465 e. The summed E-state index contributed by atoms with van der Waals surface area (Å²) < 4.78 is 9.83. The molecule has 0 spiro atoms. The Labute approximate surface area is 169 Å². The topological polar surface area (TPSA) is 72.9 Å². The number of methoxy groups -OCH3 is 1. The van der Waals surface area contributed by atoms with Crippen LogP contribution in [0.5, 0.6) is 0 Å². The van der Waals surface area contributed by atoms with Crippen LogP contribution in [0.2, 0.25) is 0 Å². The second kappa shape index (κ2) is 7.91. The van der Waals surface area contributed by atoms with Crippen molar-refractivity contribution in [3.05, 3.63) is 77.0 Å². The van der Waals surface area contributed by atoms with Gasteiger partial charge in [0.25, 0.3) is 0 Å². The molecule has 0 amide bonds. The van der Waals surface area contributed by atoms with Crippen molar-refractivity contribution >= 4 is 23.4 Å². The van der Waals surface area contributed by atoms with Crippen molar-refractivity contribution in [2.75, 3.05) is 25.7 Å². The molecule has 0 N–H and O–H groups in total. The number of nitrogens with zero attached hydrogens (tertiary/aromatic N) is 1. The van der Waals surface area contributed by atoms with Crippen molar-refractivity contribution in [2.24, 2.45) is 0 Å². The van der Waals surface area contributed by atoms with E-state index in [4.69, 9.17) is 4.74 Å². The van der Waals surface area contributed by atoms with E-state index in [1.807, 2.05) is 50.1 Å². The van der Waals surface area contributed by atoms with Crippen LogP contribution in [0.4, 0.5) is 5.69 Å². The van der Waals surface area contributed by atoms with E-state index in [0.29, 0.717) is 0 Å². The summed E-state index contributed by atoms with van der Waals surface area (Å²) in [4.78, 5) is 38.7. The molecule has 2 aromatic rings. The monoisotopic (exact) mass is 393 g/mol. The maximum atomic E-state index is 12.5. The van der Waals surface area contributed by atoms with Gasteiger partial charge in [-0.1, -0.05) is 44.2 Å². The van der Waals surface area contributed by atoms with Gasteiger partial charge in [-0.05, 0) is 23.8 Å². The molecular formula is C23H23NO5. The van der Waals surface area contributed by atoms with Gasteiger partial charge in [0.05, 0.1) is 18.2 Å². The maximum Gasteiger partial charge on any atom is 0.339 e. The van der Waals surface area contributed by atoms with E-state index in [0.717, 1.165) is 16.9 Å².